The minimum absolute atomic E-state index is 0.0453. The number of amides is 1. The molecule has 2 aliphatic heterocycles. The van der Waals surface area contributed by atoms with Gasteiger partial charge in [-0.3, -0.25) is 10.1 Å². The van der Waals surface area contributed by atoms with E-state index < -0.39 is 0 Å². The Morgan fingerprint density at radius 3 is 2.75 bits per heavy atom. The summed E-state index contributed by atoms with van der Waals surface area (Å²) in [4.78, 5) is 13.2. The topological polar surface area (TPSA) is 41.6 Å². The van der Waals surface area contributed by atoms with Crippen LogP contribution in [0, 0.1) is 0 Å². The molecule has 1 atom stereocenters. The van der Waals surface area contributed by atoms with E-state index in [-0.39, 0.29) is 11.9 Å². The van der Waals surface area contributed by atoms with Gasteiger partial charge in [-0.15, -0.1) is 0 Å². The van der Waals surface area contributed by atoms with Gasteiger partial charge in [0.2, 0.25) is 5.91 Å². The zero-order chi connectivity index (χ0) is 8.55. The highest BCUT2D eigenvalue weighted by Gasteiger charge is 2.32. The van der Waals surface area contributed by atoms with Crippen LogP contribution in [0.15, 0.2) is 0 Å². The van der Waals surface area contributed by atoms with Gasteiger partial charge in [0.1, 0.15) is 0 Å². The predicted molar refractivity (Wildman–Crippen MR) is 43.8 cm³/mol. The molecule has 0 aromatic carbocycles. The quantitative estimate of drug-likeness (QED) is 0.590. The lowest BCUT2D eigenvalue weighted by molar-refractivity contribution is -0.129. The smallest absolute Gasteiger partial charge is 0.239 e. The van der Waals surface area contributed by atoms with Gasteiger partial charge in [-0.05, 0) is 6.42 Å². The molecule has 2 fully saturated rings. The number of likely N-dealkylation sites (tertiary alicyclic amines) is 1. The van der Waals surface area contributed by atoms with Crippen LogP contribution in [0.2, 0.25) is 0 Å². The molecule has 0 aromatic heterocycles. The molecule has 2 heterocycles. The Bertz CT molecular complexity index is 191. The average molecular weight is 170 g/mol. The monoisotopic (exact) mass is 170 g/mol. The molecule has 0 spiro atoms. The summed E-state index contributed by atoms with van der Waals surface area (Å²) in [5, 5.41) is 3.28. The number of nitrogens with zero attached hydrogens (tertiary/aromatic N) is 1. The van der Waals surface area contributed by atoms with Crippen LogP contribution in [0.5, 0.6) is 0 Å². The van der Waals surface area contributed by atoms with Crippen LogP contribution in [-0.2, 0) is 9.53 Å². The molecule has 1 N–H and O–H groups in total. The Kier molecular flexibility index (Phi) is 2.02. The highest BCUT2D eigenvalue weighted by atomic mass is 16.5. The van der Waals surface area contributed by atoms with Crippen LogP contribution >= 0.6 is 0 Å². The Balaban J connectivity index is 1.83. The van der Waals surface area contributed by atoms with Crippen LogP contribution in [0.25, 0.3) is 0 Å². The van der Waals surface area contributed by atoms with E-state index in [0.717, 1.165) is 26.2 Å². The third kappa shape index (κ3) is 1.32. The lowest BCUT2D eigenvalue weighted by Crippen LogP contribution is -2.52. The van der Waals surface area contributed by atoms with E-state index >= 15 is 0 Å². The minimum Gasteiger partial charge on any atom is -0.378 e. The molecule has 0 saturated carbocycles. The maximum atomic E-state index is 11.4. The van der Waals surface area contributed by atoms with Crippen LogP contribution in [-0.4, -0.2) is 49.7 Å². The largest absolute Gasteiger partial charge is 0.378 e. The molecule has 2 saturated heterocycles. The van der Waals surface area contributed by atoms with Crippen molar-refractivity contribution < 1.29 is 9.53 Å². The van der Waals surface area contributed by atoms with Crippen molar-refractivity contribution in [1.82, 2.24) is 10.2 Å². The number of nitrogens with one attached hydrogen (secondary N) is 1. The fourth-order valence-corrected chi connectivity index (χ4v) is 1.59. The van der Waals surface area contributed by atoms with Gasteiger partial charge >= 0.3 is 0 Å². The van der Waals surface area contributed by atoms with E-state index in [1.807, 2.05) is 7.05 Å². The van der Waals surface area contributed by atoms with Crippen LogP contribution in [0.4, 0.5) is 0 Å². The second-order valence-corrected chi connectivity index (χ2v) is 3.50. The molecule has 0 aromatic rings. The van der Waals surface area contributed by atoms with Gasteiger partial charge in [0.15, 0.2) is 0 Å². The van der Waals surface area contributed by atoms with E-state index in [2.05, 4.69) is 5.32 Å². The second kappa shape index (κ2) is 3.03. The summed E-state index contributed by atoms with van der Waals surface area (Å²) in [5.74, 6) is 0.224. The van der Waals surface area contributed by atoms with Crippen molar-refractivity contribution >= 4 is 5.91 Å². The summed E-state index contributed by atoms with van der Waals surface area (Å²) in [6.07, 6.45) is 0.936. The molecule has 68 valence electrons. The number of carbonyl (C=O) groups is 1. The first-order chi connectivity index (χ1) is 5.77. The summed E-state index contributed by atoms with van der Waals surface area (Å²) >= 11 is 0. The first-order valence-corrected chi connectivity index (χ1v) is 4.36. The molecule has 1 unspecified atom stereocenters. The van der Waals surface area contributed by atoms with Crippen molar-refractivity contribution in [3.8, 4) is 0 Å². The van der Waals surface area contributed by atoms with Crippen LogP contribution in [0.1, 0.15) is 6.42 Å². The Labute approximate surface area is 71.9 Å². The van der Waals surface area contributed by atoms with Crippen LogP contribution < -0.4 is 5.32 Å². The summed E-state index contributed by atoms with van der Waals surface area (Å²) < 4.78 is 5.02. The average Bonchev–Trinajstić information content (AvgIpc) is 2.27. The maximum Gasteiger partial charge on any atom is 0.239 e. The SMILES string of the molecule is CN1CCC(NC2COC2)C1=O. The third-order valence-corrected chi connectivity index (χ3v) is 2.50. The van der Waals surface area contributed by atoms with Gasteiger partial charge in [0.25, 0.3) is 0 Å². The van der Waals surface area contributed by atoms with E-state index in [1.165, 1.54) is 0 Å². The summed E-state index contributed by atoms with van der Waals surface area (Å²) in [6, 6.07) is 0.453. The summed E-state index contributed by atoms with van der Waals surface area (Å²) in [5.41, 5.74) is 0. The summed E-state index contributed by atoms with van der Waals surface area (Å²) in [6.45, 7) is 2.39. The van der Waals surface area contributed by atoms with Gasteiger partial charge in [0.05, 0.1) is 25.3 Å². The number of hydrogen-bond acceptors (Lipinski definition) is 3. The molecular formula is C8H14N2O2. The molecular weight excluding hydrogens is 156 g/mol. The maximum absolute atomic E-state index is 11.4. The van der Waals surface area contributed by atoms with E-state index in [1.54, 1.807) is 4.90 Å². The predicted octanol–water partition coefficient (Wildman–Crippen LogP) is -0.794. The lowest BCUT2D eigenvalue weighted by atomic mass is 10.2. The van der Waals surface area contributed by atoms with Crippen molar-refractivity contribution in [3.05, 3.63) is 0 Å². The molecule has 2 rings (SSSR count). The van der Waals surface area contributed by atoms with Crippen molar-refractivity contribution in [3.63, 3.8) is 0 Å². The zero-order valence-corrected chi connectivity index (χ0v) is 7.25. The highest BCUT2D eigenvalue weighted by Crippen LogP contribution is 2.11. The first kappa shape index (κ1) is 8.01. The Morgan fingerprint density at radius 1 is 1.58 bits per heavy atom. The Morgan fingerprint density at radius 2 is 2.33 bits per heavy atom. The normalized spacial score (nSPS) is 30.9. The van der Waals surface area contributed by atoms with Gasteiger partial charge in [-0.25, -0.2) is 0 Å². The highest BCUT2D eigenvalue weighted by molar-refractivity contribution is 5.83. The molecule has 4 nitrogen and oxygen atoms in total. The second-order valence-electron chi connectivity index (χ2n) is 3.50. The Hall–Kier alpha value is -0.610. The van der Waals surface area contributed by atoms with Crippen molar-refractivity contribution in [1.29, 1.82) is 0 Å². The minimum atomic E-state index is 0.0453. The fraction of sp³-hybridized carbons (Fsp3) is 0.875. The molecule has 1 amide bonds. The van der Waals surface area contributed by atoms with Crippen molar-refractivity contribution in [2.45, 2.75) is 18.5 Å². The van der Waals surface area contributed by atoms with Crippen LogP contribution in [0.3, 0.4) is 0 Å². The molecule has 12 heavy (non-hydrogen) atoms. The molecule has 0 aliphatic carbocycles. The number of rotatable bonds is 2. The fourth-order valence-electron chi connectivity index (χ4n) is 1.59. The number of hydrogen-bond donors (Lipinski definition) is 1. The van der Waals surface area contributed by atoms with E-state index in [4.69, 9.17) is 4.74 Å². The van der Waals surface area contributed by atoms with Gasteiger partial charge < -0.3 is 9.64 Å². The van der Waals surface area contributed by atoms with E-state index in [0.29, 0.717) is 6.04 Å². The third-order valence-electron chi connectivity index (χ3n) is 2.50. The number of likely N-dealkylation sites (N-methyl/N-ethyl adjacent to an activating group) is 1. The lowest BCUT2D eigenvalue weighted by Gasteiger charge is -2.29. The van der Waals surface area contributed by atoms with Crippen molar-refractivity contribution in [2.24, 2.45) is 0 Å². The standard InChI is InChI=1S/C8H14N2O2/c1-10-3-2-7(8(10)11)9-6-4-12-5-6/h6-7,9H,2-5H2,1H3. The molecule has 2 aliphatic rings. The van der Waals surface area contributed by atoms with Gasteiger partial charge in [-0.2, -0.15) is 0 Å². The van der Waals surface area contributed by atoms with E-state index in [9.17, 15) is 4.79 Å². The number of carbonyl (C=O) groups excluding carboxylic acids is 1. The first-order valence-electron chi connectivity index (χ1n) is 4.36. The zero-order valence-electron chi connectivity index (χ0n) is 7.25. The summed E-state index contributed by atoms with van der Waals surface area (Å²) in [7, 11) is 1.85. The number of ether oxygens (including phenoxy) is 1. The van der Waals surface area contributed by atoms with Crippen molar-refractivity contribution in [2.75, 3.05) is 26.8 Å². The molecule has 0 radical (unpaired) electrons. The van der Waals surface area contributed by atoms with Gasteiger partial charge in [-0.1, -0.05) is 0 Å². The molecule has 4 heteroatoms. The molecule has 0 bridgehead atoms. The van der Waals surface area contributed by atoms with Gasteiger partial charge in [0, 0.05) is 13.6 Å².